The summed E-state index contributed by atoms with van der Waals surface area (Å²) in [7, 11) is 1.34. The van der Waals surface area contributed by atoms with Gasteiger partial charge < -0.3 is 15.0 Å². The van der Waals surface area contributed by atoms with Crippen LogP contribution in [0.15, 0.2) is 48.7 Å². The van der Waals surface area contributed by atoms with Crippen molar-refractivity contribution in [2.24, 2.45) is 0 Å². The lowest BCUT2D eigenvalue weighted by atomic mass is 10.1. The molecule has 5 nitrogen and oxygen atoms in total. The number of anilines is 1. The summed E-state index contributed by atoms with van der Waals surface area (Å²) in [4.78, 5) is 17.7. The Morgan fingerprint density at radius 1 is 1.12 bits per heavy atom. The Morgan fingerprint density at radius 3 is 2.46 bits per heavy atom. The van der Waals surface area contributed by atoms with Crippen molar-refractivity contribution in [2.75, 3.05) is 38.2 Å². The van der Waals surface area contributed by atoms with Gasteiger partial charge in [-0.2, -0.15) is 0 Å². The van der Waals surface area contributed by atoms with Crippen LogP contribution >= 0.6 is 0 Å². The van der Waals surface area contributed by atoms with Crippen LogP contribution in [0, 0.1) is 11.8 Å². The highest BCUT2D eigenvalue weighted by molar-refractivity contribution is 5.86. The van der Waals surface area contributed by atoms with Crippen LogP contribution in [-0.2, 0) is 9.53 Å². The quantitative estimate of drug-likeness (QED) is 0.523. The van der Waals surface area contributed by atoms with Crippen LogP contribution in [0.2, 0.25) is 0 Å². The average molecular weight is 347 g/mol. The van der Waals surface area contributed by atoms with Gasteiger partial charge in [-0.1, -0.05) is 11.8 Å². The highest BCUT2D eigenvalue weighted by Crippen LogP contribution is 2.15. The van der Waals surface area contributed by atoms with E-state index in [-0.39, 0.29) is 0 Å². The lowest BCUT2D eigenvalue weighted by Crippen LogP contribution is -2.43. The smallest absolute Gasteiger partial charge is 0.330 e. The third-order valence-corrected chi connectivity index (χ3v) is 4.08. The first-order chi connectivity index (χ1) is 12.7. The van der Waals surface area contributed by atoms with E-state index < -0.39 is 5.97 Å². The predicted molar refractivity (Wildman–Crippen MR) is 103 cm³/mol. The first-order valence-electron chi connectivity index (χ1n) is 8.54. The number of esters is 1. The van der Waals surface area contributed by atoms with Crippen molar-refractivity contribution < 1.29 is 9.53 Å². The summed E-state index contributed by atoms with van der Waals surface area (Å²) >= 11 is 0. The van der Waals surface area contributed by atoms with Crippen LogP contribution in [0.25, 0.3) is 6.08 Å². The van der Waals surface area contributed by atoms with Gasteiger partial charge in [0, 0.05) is 55.3 Å². The molecule has 3 rings (SSSR count). The minimum absolute atomic E-state index is 0.403. The molecule has 1 aliphatic heterocycles. The summed E-state index contributed by atoms with van der Waals surface area (Å²) in [6, 6.07) is 12.0. The van der Waals surface area contributed by atoms with E-state index >= 15 is 0 Å². The van der Waals surface area contributed by atoms with E-state index in [2.05, 4.69) is 43.9 Å². The SMILES string of the molecule is COC(=O)C=Cc1ccc(C#Cc2ccc(N3CCNCC3)cc2)cn1. The third kappa shape index (κ3) is 4.95. The Kier molecular flexibility index (Phi) is 6.02. The van der Waals surface area contributed by atoms with Crippen LogP contribution in [0.5, 0.6) is 0 Å². The lowest BCUT2D eigenvalue weighted by Gasteiger charge is -2.29. The second kappa shape index (κ2) is 8.84. The molecule has 2 aromatic rings. The standard InChI is InChI=1S/C21H21N3O2/c1-26-21(25)11-8-19-7-4-18(16-23-19)3-2-17-5-9-20(10-6-17)24-14-12-22-13-15-24/h4-11,16,22H,12-15H2,1H3. The zero-order chi connectivity index (χ0) is 18.2. The Balaban J connectivity index is 1.63. The van der Waals surface area contributed by atoms with Crippen LogP contribution in [0.4, 0.5) is 5.69 Å². The molecule has 0 spiro atoms. The molecule has 2 heterocycles. The van der Waals surface area contributed by atoms with E-state index in [0.717, 1.165) is 37.3 Å². The van der Waals surface area contributed by atoms with Gasteiger partial charge in [0.25, 0.3) is 0 Å². The predicted octanol–water partition coefficient (Wildman–Crippen LogP) is 2.08. The van der Waals surface area contributed by atoms with E-state index in [1.165, 1.54) is 18.9 Å². The van der Waals surface area contributed by atoms with Gasteiger partial charge in [-0.3, -0.25) is 4.98 Å². The van der Waals surface area contributed by atoms with Crippen molar-refractivity contribution >= 4 is 17.7 Å². The zero-order valence-corrected chi connectivity index (χ0v) is 14.7. The highest BCUT2D eigenvalue weighted by Gasteiger charge is 2.09. The number of benzene rings is 1. The number of carbonyl (C=O) groups is 1. The van der Waals surface area contributed by atoms with Gasteiger partial charge in [-0.15, -0.1) is 0 Å². The summed E-state index contributed by atoms with van der Waals surface area (Å²) < 4.78 is 4.55. The Labute approximate surface area is 153 Å². The second-order valence-corrected chi connectivity index (χ2v) is 5.86. The first kappa shape index (κ1) is 17.7. The number of aromatic nitrogens is 1. The summed E-state index contributed by atoms with van der Waals surface area (Å²) in [5, 5.41) is 3.36. The van der Waals surface area contributed by atoms with Gasteiger partial charge in [0.15, 0.2) is 0 Å². The second-order valence-electron chi connectivity index (χ2n) is 5.86. The molecule has 0 unspecified atom stereocenters. The van der Waals surface area contributed by atoms with Crippen molar-refractivity contribution in [2.45, 2.75) is 0 Å². The molecule has 1 aromatic heterocycles. The Hall–Kier alpha value is -3.10. The number of ether oxygens (including phenoxy) is 1. The lowest BCUT2D eigenvalue weighted by molar-refractivity contribution is -0.134. The van der Waals surface area contributed by atoms with Crippen LogP contribution in [-0.4, -0.2) is 44.2 Å². The van der Waals surface area contributed by atoms with Crippen molar-refractivity contribution in [3.8, 4) is 11.8 Å². The molecule has 0 radical (unpaired) electrons. The van der Waals surface area contributed by atoms with Crippen molar-refractivity contribution in [3.63, 3.8) is 0 Å². The number of nitrogens with one attached hydrogen (secondary N) is 1. The topological polar surface area (TPSA) is 54.5 Å². The molecule has 1 aliphatic rings. The van der Waals surface area contributed by atoms with Crippen molar-refractivity contribution in [1.82, 2.24) is 10.3 Å². The number of hydrogen-bond donors (Lipinski definition) is 1. The van der Waals surface area contributed by atoms with Crippen LogP contribution in [0.3, 0.4) is 0 Å². The van der Waals surface area contributed by atoms with E-state index in [0.29, 0.717) is 5.69 Å². The van der Waals surface area contributed by atoms with Crippen LogP contribution in [0.1, 0.15) is 16.8 Å². The van der Waals surface area contributed by atoms with Gasteiger partial charge in [-0.05, 0) is 42.5 Å². The highest BCUT2D eigenvalue weighted by atomic mass is 16.5. The maximum absolute atomic E-state index is 11.1. The molecule has 0 bridgehead atoms. The number of nitrogens with zero attached hydrogens (tertiary/aromatic N) is 2. The summed E-state index contributed by atoms with van der Waals surface area (Å²) in [5.41, 5.74) is 3.71. The van der Waals surface area contributed by atoms with Gasteiger partial charge >= 0.3 is 5.97 Å². The van der Waals surface area contributed by atoms with Crippen molar-refractivity contribution in [1.29, 1.82) is 0 Å². The minimum atomic E-state index is -0.403. The largest absolute Gasteiger partial charge is 0.466 e. The molecule has 0 saturated carbocycles. The van der Waals surface area contributed by atoms with E-state index in [1.54, 1.807) is 12.3 Å². The monoisotopic (exact) mass is 347 g/mol. The number of piperazine rings is 1. The molecule has 1 N–H and O–H groups in total. The van der Waals surface area contributed by atoms with Gasteiger partial charge in [0.05, 0.1) is 12.8 Å². The molecule has 1 saturated heterocycles. The maximum atomic E-state index is 11.1. The fraction of sp³-hybridized carbons (Fsp3) is 0.238. The van der Waals surface area contributed by atoms with Gasteiger partial charge in [0.1, 0.15) is 0 Å². The number of pyridine rings is 1. The normalized spacial score (nSPS) is 14.0. The fourth-order valence-corrected chi connectivity index (χ4v) is 2.62. The van der Waals surface area contributed by atoms with E-state index in [1.807, 2.05) is 24.3 Å². The average Bonchev–Trinajstić information content (AvgIpc) is 2.72. The molecule has 1 fully saturated rings. The van der Waals surface area contributed by atoms with Crippen molar-refractivity contribution in [3.05, 3.63) is 65.5 Å². The summed E-state index contributed by atoms with van der Waals surface area (Å²) in [5.74, 6) is 5.87. The number of carbonyl (C=O) groups excluding carboxylic acids is 1. The molecule has 26 heavy (non-hydrogen) atoms. The number of hydrogen-bond acceptors (Lipinski definition) is 5. The van der Waals surface area contributed by atoms with Gasteiger partial charge in [-0.25, -0.2) is 4.79 Å². The third-order valence-electron chi connectivity index (χ3n) is 4.08. The minimum Gasteiger partial charge on any atom is -0.466 e. The summed E-state index contributed by atoms with van der Waals surface area (Å²) in [6.45, 7) is 4.12. The number of rotatable bonds is 3. The maximum Gasteiger partial charge on any atom is 0.330 e. The van der Waals surface area contributed by atoms with E-state index in [9.17, 15) is 4.79 Å². The first-order valence-corrected chi connectivity index (χ1v) is 8.54. The molecular weight excluding hydrogens is 326 g/mol. The number of methoxy groups -OCH3 is 1. The molecule has 132 valence electrons. The molecule has 0 aliphatic carbocycles. The summed E-state index contributed by atoms with van der Waals surface area (Å²) in [6.07, 6.45) is 4.64. The fourth-order valence-electron chi connectivity index (χ4n) is 2.62. The molecular formula is C21H21N3O2. The Morgan fingerprint density at radius 2 is 1.81 bits per heavy atom. The van der Waals surface area contributed by atoms with E-state index in [4.69, 9.17) is 0 Å². The zero-order valence-electron chi connectivity index (χ0n) is 14.7. The Bertz CT molecular complexity index is 824. The molecule has 1 aromatic carbocycles. The van der Waals surface area contributed by atoms with Gasteiger partial charge in [0.2, 0.25) is 0 Å². The molecule has 0 amide bonds. The molecule has 0 atom stereocenters. The van der Waals surface area contributed by atoms with Crippen LogP contribution < -0.4 is 10.2 Å². The molecule has 5 heteroatoms.